The van der Waals surface area contributed by atoms with Crippen molar-refractivity contribution < 1.29 is 9.53 Å². The number of nitrogens with zero attached hydrogens (tertiary/aromatic N) is 1. The molecule has 23 heavy (non-hydrogen) atoms. The Morgan fingerprint density at radius 2 is 1.87 bits per heavy atom. The molecular weight excluding hydrogens is 290 g/mol. The van der Waals surface area contributed by atoms with Crippen LogP contribution in [0.3, 0.4) is 0 Å². The van der Waals surface area contributed by atoms with Gasteiger partial charge in [-0.3, -0.25) is 4.79 Å². The van der Waals surface area contributed by atoms with E-state index in [1.807, 2.05) is 49.5 Å². The SMILES string of the molecule is CNC(=O)c1cccc2cc(Oc3ccnc(NC)c3)ccc12. The average Bonchev–Trinajstić information content (AvgIpc) is 2.60. The topological polar surface area (TPSA) is 63.2 Å². The van der Waals surface area contributed by atoms with E-state index >= 15 is 0 Å². The van der Waals surface area contributed by atoms with Gasteiger partial charge in [0.2, 0.25) is 0 Å². The minimum atomic E-state index is -0.0999. The van der Waals surface area contributed by atoms with Gasteiger partial charge < -0.3 is 15.4 Å². The van der Waals surface area contributed by atoms with Crippen molar-refractivity contribution in [2.24, 2.45) is 0 Å². The lowest BCUT2D eigenvalue weighted by Crippen LogP contribution is -2.17. The van der Waals surface area contributed by atoms with Crippen LogP contribution in [0.2, 0.25) is 0 Å². The Kier molecular flexibility index (Phi) is 4.10. The number of amides is 1. The van der Waals surface area contributed by atoms with Gasteiger partial charge in [0.05, 0.1) is 0 Å². The van der Waals surface area contributed by atoms with E-state index in [1.54, 1.807) is 19.3 Å². The van der Waals surface area contributed by atoms with Gasteiger partial charge >= 0.3 is 0 Å². The molecule has 0 spiro atoms. The van der Waals surface area contributed by atoms with E-state index < -0.39 is 0 Å². The third-order valence-electron chi connectivity index (χ3n) is 3.55. The molecule has 0 saturated carbocycles. The predicted octanol–water partition coefficient (Wildman–Crippen LogP) is 3.43. The lowest BCUT2D eigenvalue weighted by molar-refractivity contribution is 0.0964. The minimum absolute atomic E-state index is 0.0999. The Morgan fingerprint density at radius 3 is 2.65 bits per heavy atom. The number of carbonyl (C=O) groups excluding carboxylic acids is 1. The van der Waals surface area contributed by atoms with Crippen molar-refractivity contribution in [2.75, 3.05) is 19.4 Å². The van der Waals surface area contributed by atoms with Crippen molar-refractivity contribution in [1.29, 1.82) is 0 Å². The third kappa shape index (κ3) is 3.08. The molecule has 2 N–H and O–H groups in total. The first-order valence-electron chi connectivity index (χ1n) is 7.28. The number of anilines is 1. The monoisotopic (exact) mass is 307 g/mol. The fraction of sp³-hybridized carbons (Fsp3) is 0.111. The zero-order valence-corrected chi connectivity index (χ0v) is 13.0. The Balaban J connectivity index is 1.95. The maximum Gasteiger partial charge on any atom is 0.251 e. The van der Waals surface area contributed by atoms with Crippen molar-refractivity contribution >= 4 is 22.5 Å². The van der Waals surface area contributed by atoms with Gasteiger partial charge in [0.25, 0.3) is 5.91 Å². The van der Waals surface area contributed by atoms with Crippen LogP contribution in [-0.2, 0) is 0 Å². The van der Waals surface area contributed by atoms with Crippen molar-refractivity contribution in [2.45, 2.75) is 0 Å². The summed E-state index contributed by atoms with van der Waals surface area (Å²) in [6, 6.07) is 14.9. The number of carbonyl (C=O) groups is 1. The predicted molar refractivity (Wildman–Crippen MR) is 91.2 cm³/mol. The maximum absolute atomic E-state index is 11.9. The maximum atomic E-state index is 11.9. The molecule has 0 radical (unpaired) electrons. The summed E-state index contributed by atoms with van der Waals surface area (Å²) in [7, 11) is 3.43. The number of ether oxygens (including phenoxy) is 1. The quantitative estimate of drug-likeness (QED) is 0.775. The summed E-state index contributed by atoms with van der Waals surface area (Å²) in [4.78, 5) is 16.1. The number of rotatable bonds is 4. The molecule has 0 aliphatic rings. The number of fused-ring (bicyclic) bond motifs is 1. The molecule has 0 aliphatic carbocycles. The number of pyridine rings is 1. The lowest BCUT2D eigenvalue weighted by Gasteiger charge is -2.10. The fourth-order valence-electron chi connectivity index (χ4n) is 2.41. The van der Waals surface area contributed by atoms with Gasteiger partial charge in [-0.15, -0.1) is 0 Å². The van der Waals surface area contributed by atoms with Crippen LogP contribution < -0.4 is 15.4 Å². The first kappa shape index (κ1) is 14.8. The summed E-state index contributed by atoms with van der Waals surface area (Å²) < 4.78 is 5.88. The van der Waals surface area contributed by atoms with Gasteiger partial charge in [0.1, 0.15) is 17.3 Å². The van der Waals surface area contributed by atoms with Crippen LogP contribution in [0, 0.1) is 0 Å². The number of hydrogen-bond donors (Lipinski definition) is 2. The Morgan fingerprint density at radius 1 is 1.04 bits per heavy atom. The van der Waals surface area contributed by atoms with E-state index in [9.17, 15) is 4.79 Å². The second-order valence-electron chi connectivity index (χ2n) is 5.00. The summed E-state index contributed by atoms with van der Waals surface area (Å²) in [5.74, 6) is 2.05. The second-order valence-corrected chi connectivity index (χ2v) is 5.00. The van der Waals surface area contributed by atoms with Crippen molar-refractivity contribution in [3.8, 4) is 11.5 Å². The number of nitrogens with one attached hydrogen (secondary N) is 2. The Hall–Kier alpha value is -3.08. The van der Waals surface area contributed by atoms with Crippen LogP contribution in [0.4, 0.5) is 5.82 Å². The highest BCUT2D eigenvalue weighted by molar-refractivity contribution is 6.07. The Bertz CT molecular complexity index is 862. The van der Waals surface area contributed by atoms with Gasteiger partial charge in [0, 0.05) is 31.9 Å². The molecule has 1 amide bonds. The molecule has 0 unspecified atom stereocenters. The highest BCUT2D eigenvalue weighted by atomic mass is 16.5. The summed E-state index contributed by atoms with van der Waals surface area (Å²) in [5.41, 5.74) is 0.651. The molecule has 0 fully saturated rings. The molecule has 116 valence electrons. The van der Waals surface area contributed by atoms with Crippen molar-refractivity contribution in [1.82, 2.24) is 10.3 Å². The number of hydrogen-bond acceptors (Lipinski definition) is 4. The summed E-state index contributed by atoms with van der Waals surface area (Å²) in [6.45, 7) is 0. The molecule has 0 aliphatic heterocycles. The number of aromatic nitrogens is 1. The molecule has 3 rings (SSSR count). The zero-order valence-electron chi connectivity index (χ0n) is 13.0. The number of benzene rings is 2. The minimum Gasteiger partial charge on any atom is -0.457 e. The molecule has 5 heteroatoms. The van der Waals surface area contributed by atoms with Crippen molar-refractivity contribution in [3.05, 3.63) is 60.3 Å². The van der Waals surface area contributed by atoms with Crippen molar-refractivity contribution in [3.63, 3.8) is 0 Å². The fourth-order valence-corrected chi connectivity index (χ4v) is 2.41. The lowest BCUT2D eigenvalue weighted by atomic mass is 10.0. The second kappa shape index (κ2) is 6.36. The van der Waals surface area contributed by atoms with E-state index in [0.29, 0.717) is 17.1 Å². The van der Waals surface area contributed by atoms with Gasteiger partial charge in [-0.2, -0.15) is 0 Å². The highest BCUT2D eigenvalue weighted by Crippen LogP contribution is 2.28. The molecule has 3 aromatic rings. The van der Waals surface area contributed by atoms with E-state index in [1.165, 1.54) is 0 Å². The smallest absolute Gasteiger partial charge is 0.251 e. The largest absolute Gasteiger partial charge is 0.457 e. The summed E-state index contributed by atoms with van der Waals surface area (Å²) in [6.07, 6.45) is 1.69. The molecule has 0 atom stereocenters. The standard InChI is InChI=1S/C18H17N3O2/c1-19-17-11-14(8-9-21-17)23-13-6-7-15-12(10-13)4-3-5-16(15)18(22)20-2/h3-11H,1-2H3,(H,19,21)(H,20,22). The molecule has 1 heterocycles. The Labute approximate surface area is 134 Å². The van der Waals surface area contributed by atoms with Crippen LogP contribution in [0.25, 0.3) is 10.8 Å². The van der Waals surface area contributed by atoms with Crippen LogP contribution >= 0.6 is 0 Å². The van der Waals surface area contributed by atoms with E-state index in [0.717, 1.165) is 16.6 Å². The summed E-state index contributed by atoms with van der Waals surface area (Å²) >= 11 is 0. The van der Waals surface area contributed by atoms with Crippen LogP contribution in [-0.4, -0.2) is 25.0 Å². The van der Waals surface area contributed by atoms with Crippen LogP contribution in [0.1, 0.15) is 10.4 Å². The van der Waals surface area contributed by atoms with E-state index in [4.69, 9.17) is 4.74 Å². The zero-order chi connectivity index (χ0) is 16.2. The molecule has 1 aromatic heterocycles. The molecular formula is C18H17N3O2. The van der Waals surface area contributed by atoms with Gasteiger partial charge in [-0.25, -0.2) is 4.98 Å². The first-order chi connectivity index (χ1) is 11.2. The highest BCUT2D eigenvalue weighted by Gasteiger charge is 2.09. The average molecular weight is 307 g/mol. The van der Waals surface area contributed by atoms with E-state index in [-0.39, 0.29) is 5.91 Å². The molecule has 5 nitrogen and oxygen atoms in total. The third-order valence-corrected chi connectivity index (χ3v) is 3.55. The van der Waals surface area contributed by atoms with Crippen LogP contribution in [0.5, 0.6) is 11.5 Å². The first-order valence-corrected chi connectivity index (χ1v) is 7.28. The summed E-state index contributed by atoms with van der Waals surface area (Å²) in [5, 5.41) is 7.47. The van der Waals surface area contributed by atoms with E-state index in [2.05, 4.69) is 15.6 Å². The van der Waals surface area contributed by atoms with Gasteiger partial charge in [0.15, 0.2) is 0 Å². The molecule has 2 aromatic carbocycles. The van der Waals surface area contributed by atoms with Gasteiger partial charge in [-0.1, -0.05) is 12.1 Å². The molecule has 0 saturated heterocycles. The van der Waals surface area contributed by atoms with Gasteiger partial charge in [-0.05, 0) is 41.1 Å². The molecule has 0 bridgehead atoms. The van der Waals surface area contributed by atoms with Crippen LogP contribution in [0.15, 0.2) is 54.7 Å². The normalized spacial score (nSPS) is 10.3.